The van der Waals surface area contributed by atoms with E-state index in [1.807, 2.05) is 0 Å². The second-order valence-electron chi connectivity index (χ2n) is 6.28. The summed E-state index contributed by atoms with van der Waals surface area (Å²) in [6.45, 7) is 0. The van der Waals surface area contributed by atoms with E-state index in [-0.39, 0.29) is 33.2 Å². The van der Waals surface area contributed by atoms with Crippen molar-refractivity contribution < 1.29 is 19.2 Å². The van der Waals surface area contributed by atoms with Gasteiger partial charge in [0, 0.05) is 22.2 Å². The lowest BCUT2D eigenvalue weighted by atomic mass is 9.83. The van der Waals surface area contributed by atoms with Crippen molar-refractivity contribution in [3.63, 3.8) is 0 Å². The van der Waals surface area contributed by atoms with E-state index in [1.165, 1.54) is 31.4 Å². The number of ether oxygens (including phenoxy) is 2. The molecule has 2 aromatic carbocycles. The van der Waals surface area contributed by atoms with Crippen molar-refractivity contribution >= 4 is 33.1 Å². The van der Waals surface area contributed by atoms with Gasteiger partial charge in [0.2, 0.25) is 10.6 Å². The highest BCUT2D eigenvalue weighted by atomic mass is 32.1. The maximum absolute atomic E-state index is 13.0. The smallest absolute Gasteiger partial charge is 0.340 e. The lowest BCUT2D eigenvalue weighted by Gasteiger charge is -2.28. The molecule has 0 fully saturated rings. The van der Waals surface area contributed by atoms with Crippen molar-refractivity contribution in [3.8, 4) is 5.75 Å². The van der Waals surface area contributed by atoms with E-state index in [4.69, 9.17) is 15.2 Å². The van der Waals surface area contributed by atoms with E-state index in [0.717, 1.165) is 11.3 Å². The number of nitro benzene ring substituents is 1. The Bertz CT molecular complexity index is 1250. The van der Waals surface area contributed by atoms with Crippen molar-refractivity contribution in [3.05, 3.63) is 90.8 Å². The number of rotatable bonds is 3. The fraction of sp³-hybridized carbons (Fsp3) is 0.100. The first-order valence-corrected chi connectivity index (χ1v) is 9.30. The molecular formula is C20H14N2O6S. The number of methoxy groups -OCH3 is 1. The average Bonchev–Trinajstić information content (AvgIpc) is 2.72. The van der Waals surface area contributed by atoms with E-state index < -0.39 is 16.8 Å². The molecule has 0 amide bonds. The molecule has 146 valence electrons. The summed E-state index contributed by atoms with van der Waals surface area (Å²) in [5.74, 6) is -1.51. The SMILES string of the molecule is COC(=O)C1=C(N)Oc2c(c(=O)sc3ccccc23)[C@@H]1c1ccc([N+](=O)[O-])cc1. The third-order valence-electron chi connectivity index (χ3n) is 4.70. The molecule has 0 spiro atoms. The van der Waals surface area contributed by atoms with E-state index in [1.54, 1.807) is 24.3 Å². The molecule has 2 N–H and O–H groups in total. The van der Waals surface area contributed by atoms with Crippen LogP contribution in [0.15, 0.2) is 64.8 Å². The minimum absolute atomic E-state index is 0.0200. The van der Waals surface area contributed by atoms with Crippen molar-refractivity contribution in [2.75, 3.05) is 7.11 Å². The maximum atomic E-state index is 13.0. The van der Waals surface area contributed by atoms with Crippen molar-refractivity contribution in [2.45, 2.75) is 5.92 Å². The Morgan fingerprint density at radius 3 is 2.55 bits per heavy atom. The normalized spacial score (nSPS) is 15.6. The van der Waals surface area contributed by atoms with Crippen LogP contribution < -0.4 is 15.2 Å². The van der Waals surface area contributed by atoms with Gasteiger partial charge in [0.25, 0.3) is 5.69 Å². The van der Waals surface area contributed by atoms with Crippen LogP contribution in [0.4, 0.5) is 5.69 Å². The largest absolute Gasteiger partial charge is 0.465 e. The van der Waals surface area contributed by atoms with E-state index in [0.29, 0.717) is 15.6 Å². The summed E-state index contributed by atoms with van der Waals surface area (Å²) >= 11 is 1.03. The molecule has 0 saturated carbocycles. The summed E-state index contributed by atoms with van der Waals surface area (Å²) in [6, 6.07) is 12.8. The molecule has 3 aromatic rings. The number of hydrogen-bond donors (Lipinski definition) is 1. The first-order chi connectivity index (χ1) is 13.9. The lowest BCUT2D eigenvalue weighted by molar-refractivity contribution is -0.384. The molecule has 29 heavy (non-hydrogen) atoms. The molecule has 0 radical (unpaired) electrons. The molecule has 0 bridgehead atoms. The predicted octanol–water partition coefficient (Wildman–Crippen LogP) is 3.04. The van der Waals surface area contributed by atoms with Gasteiger partial charge in [-0.25, -0.2) is 4.79 Å². The summed E-state index contributed by atoms with van der Waals surface area (Å²) in [4.78, 5) is 36.0. The molecule has 1 aliphatic rings. The number of carbonyl (C=O) groups is 1. The highest BCUT2D eigenvalue weighted by Crippen LogP contribution is 2.44. The third kappa shape index (κ3) is 3.01. The van der Waals surface area contributed by atoms with E-state index in [9.17, 15) is 19.7 Å². The Kier molecular flexibility index (Phi) is 4.51. The highest BCUT2D eigenvalue weighted by molar-refractivity contribution is 7.16. The molecule has 0 saturated heterocycles. The predicted molar refractivity (Wildman–Crippen MR) is 107 cm³/mol. The fourth-order valence-electron chi connectivity index (χ4n) is 3.40. The summed E-state index contributed by atoms with van der Waals surface area (Å²) in [5, 5.41) is 11.7. The number of benzene rings is 2. The molecule has 0 aliphatic carbocycles. The van der Waals surface area contributed by atoms with Gasteiger partial charge in [-0.2, -0.15) is 0 Å². The fourth-order valence-corrected chi connectivity index (χ4v) is 4.33. The standard InChI is InChI=1S/C20H14N2O6S/c1-27-19(23)16-14(10-6-8-11(9-7-10)22(25)26)15-17(28-18(16)21)12-4-2-3-5-13(12)29-20(15)24/h2-9,14H,21H2,1H3/t14-/m0/s1. The van der Waals surface area contributed by atoms with Gasteiger partial charge in [0.1, 0.15) is 11.3 Å². The van der Waals surface area contributed by atoms with Gasteiger partial charge in [-0.05, 0) is 17.7 Å². The van der Waals surface area contributed by atoms with Crippen LogP contribution in [0.5, 0.6) is 5.75 Å². The molecule has 2 heterocycles. The number of nitrogens with two attached hydrogens (primary N) is 1. The maximum Gasteiger partial charge on any atom is 0.340 e. The molecule has 0 unspecified atom stereocenters. The number of fused-ring (bicyclic) bond motifs is 3. The molecule has 4 rings (SSSR count). The summed E-state index contributed by atoms with van der Waals surface area (Å²) in [6.07, 6.45) is 0. The van der Waals surface area contributed by atoms with Gasteiger partial charge in [0.05, 0.1) is 23.5 Å². The van der Waals surface area contributed by atoms with Gasteiger partial charge in [-0.1, -0.05) is 35.6 Å². The number of esters is 1. The monoisotopic (exact) mass is 410 g/mol. The van der Waals surface area contributed by atoms with Crippen LogP contribution in [0.2, 0.25) is 0 Å². The summed E-state index contributed by atoms with van der Waals surface area (Å²) in [5.41, 5.74) is 6.67. The van der Waals surface area contributed by atoms with Gasteiger partial charge >= 0.3 is 5.97 Å². The number of hydrogen-bond acceptors (Lipinski definition) is 8. The minimum atomic E-state index is -0.875. The molecular weight excluding hydrogens is 396 g/mol. The Morgan fingerprint density at radius 2 is 1.90 bits per heavy atom. The van der Waals surface area contributed by atoms with Crippen molar-refractivity contribution in [2.24, 2.45) is 5.73 Å². The van der Waals surface area contributed by atoms with Crippen LogP contribution in [-0.2, 0) is 9.53 Å². The van der Waals surface area contributed by atoms with Gasteiger partial charge < -0.3 is 15.2 Å². The molecule has 1 aliphatic heterocycles. The molecule has 9 heteroatoms. The van der Waals surface area contributed by atoms with Crippen LogP contribution in [0.25, 0.3) is 10.1 Å². The average molecular weight is 410 g/mol. The summed E-state index contributed by atoms with van der Waals surface area (Å²) < 4.78 is 11.0. The van der Waals surface area contributed by atoms with Gasteiger partial charge in [-0.15, -0.1) is 0 Å². The van der Waals surface area contributed by atoms with E-state index in [2.05, 4.69) is 0 Å². The second-order valence-corrected chi connectivity index (χ2v) is 7.30. The van der Waals surface area contributed by atoms with Crippen molar-refractivity contribution in [1.82, 2.24) is 0 Å². The van der Waals surface area contributed by atoms with Crippen LogP contribution in [0.3, 0.4) is 0 Å². The first kappa shape index (κ1) is 18.6. The Balaban J connectivity index is 2.02. The van der Waals surface area contributed by atoms with Gasteiger partial charge in [-0.3, -0.25) is 14.9 Å². The molecule has 8 nitrogen and oxygen atoms in total. The van der Waals surface area contributed by atoms with Crippen LogP contribution >= 0.6 is 11.3 Å². The second kappa shape index (κ2) is 7.02. The Morgan fingerprint density at radius 1 is 1.21 bits per heavy atom. The molecule has 1 aromatic heterocycles. The van der Waals surface area contributed by atoms with E-state index >= 15 is 0 Å². The zero-order valence-corrected chi connectivity index (χ0v) is 15.9. The van der Waals surface area contributed by atoms with Crippen LogP contribution in [-0.4, -0.2) is 18.0 Å². The molecule has 1 atom stereocenters. The zero-order chi connectivity index (χ0) is 20.7. The zero-order valence-electron chi connectivity index (χ0n) is 15.1. The Labute approximate surface area is 167 Å². The lowest BCUT2D eigenvalue weighted by Crippen LogP contribution is -2.30. The van der Waals surface area contributed by atoms with Gasteiger partial charge in [0.15, 0.2) is 0 Å². The summed E-state index contributed by atoms with van der Waals surface area (Å²) in [7, 11) is 1.20. The number of carbonyl (C=O) groups excluding carboxylic acids is 1. The van der Waals surface area contributed by atoms with Crippen molar-refractivity contribution in [1.29, 1.82) is 0 Å². The number of nitrogens with zero attached hydrogens (tertiary/aromatic N) is 1. The van der Waals surface area contributed by atoms with Crippen LogP contribution in [0.1, 0.15) is 17.0 Å². The minimum Gasteiger partial charge on any atom is -0.465 e. The quantitative estimate of drug-likeness (QED) is 0.400. The Hall–Kier alpha value is -3.72. The topological polar surface area (TPSA) is 122 Å². The number of non-ortho nitro benzene ring substituents is 1. The highest BCUT2D eigenvalue weighted by Gasteiger charge is 2.38. The first-order valence-electron chi connectivity index (χ1n) is 8.48. The number of nitro groups is 1. The third-order valence-corrected chi connectivity index (χ3v) is 5.68. The van der Waals surface area contributed by atoms with Crippen LogP contribution in [0, 0.1) is 10.1 Å².